The largest absolute Gasteiger partial charge is 0.476 e. The molecule has 0 aliphatic carbocycles. The number of carbonyl (C=O) groups is 2. The maximum absolute atomic E-state index is 11.8. The number of carboxylic acid groups (broad SMARTS) is 1. The highest BCUT2D eigenvalue weighted by atomic mass is 19.4. The summed E-state index contributed by atoms with van der Waals surface area (Å²) in [4.78, 5) is 25.2. The van der Waals surface area contributed by atoms with Gasteiger partial charge in [0.15, 0.2) is 5.69 Å². The van der Waals surface area contributed by atoms with Crippen molar-refractivity contribution >= 4 is 11.9 Å². The molecule has 1 aromatic rings. The van der Waals surface area contributed by atoms with E-state index < -0.39 is 30.9 Å². The van der Waals surface area contributed by atoms with Gasteiger partial charge in [0.1, 0.15) is 0 Å². The molecule has 0 fully saturated rings. The molecule has 0 atom stereocenters. The van der Waals surface area contributed by atoms with Crippen molar-refractivity contribution in [1.29, 1.82) is 0 Å². The number of hydrogen-bond acceptors (Lipinski definition) is 3. The molecule has 0 aliphatic heterocycles. The second kappa shape index (κ2) is 6.21. The van der Waals surface area contributed by atoms with Crippen LogP contribution in [0.25, 0.3) is 0 Å². The highest BCUT2D eigenvalue weighted by molar-refractivity contribution is 5.84. The van der Waals surface area contributed by atoms with Crippen molar-refractivity contribution in [2.45, 2.75) is 25.6 Å². The van der Waals surface area contributed by atoms with E-state index in [2.05, 4.69) is 10.3 Å². The third kappa shape index (κ3) is 5.89. The van der Waals surface area contributed by atoms with Gasteiger partial charge in [0.25, 0.3) is 0 Å². The Kier molecular flexibility index (Phi) is 4.90. The molecular weight excluding hydrogens is 267 g/mol. The smallest absolute Gasteiger partial charge is 0.389 e. The normalized spacial score (nSPS) is 11.3. The molecule has 0 aliphatic rings. The van der Waals surface area contributed by atoms with E-state index in [9.17, 15) is 22.8 Å². The number of aromatic carboxylic acids is 1. The minimum atomic E-state index is -4.35. The van der Waals surface area contributed by atoms with Gasteiger partial charge in [-0.2, -0.15) is 13.2 Å². The highest BCUT2D eigenvalue weighted by Crippen LogP contribution is 2.20. The van der Waals surface area contributed by atoms with E-state index in [1.807, 2.05) is 0 Å². The third-order valence-corrected chi connectivity index (χ3v) is 2.18. The summed E-state index contributed by atoms with van der Waals surface area (Å²) in [6, 6.07) is 0. The SMILES string of the molecule is O=C(CCC(F)(F)F)NCCn1cnc(C(=O)O)c1. The Labute approximate surface area is 106 Å². The van der Waals surface area contributed by atoms with Crippen molar-refractivity contribution in [2.24, 2.45) is 0 Å². The van der Waals surface area contributed by atoms with E-state index in [0.29, 0.717) is 0 Å². The summed E-state index contributed by atoms with van der Waals surface area (Å²) in [5.74, 6) is -1.87. The van der Waals surface area contributed by atoms with E-state index in [-0.39, 0.29) is 18.8 Å². The summed E-state index contributed by atoms with van der Waals surface area (Å²) in [6.07, 6.45) is -3.59. The third-order valence-electron chi connectivity index (χ3n) is 2.18. The molecule has 0 saturated carbocycles. The number of hydrogen-bond donors (Lipinski definition) is 2. The average Bonchev–Trinajstić information content (AvgIpc) is 2.74. The lowest BCUT2D eigenvalue weighted by molar-refractivity contribution is -0.144. The van der Waals surface area contributed by atoms with Crippen molar-refractivity contribution < 1.29 is 27.9 Å². The van der Waals surface area contributed by atoms with Crippen molar-refractivity contribution in [3.63, 3.8) is 0 Å². The Bertz CT molecular complexity index is 456. The number of carboxylic acids is 1. The fourth-order valence-electron chi connectivity index (χ4n) is 1.26. The fourth-order valence-corrected chi connectivity index (χ4v) is 1.26. The lowest BCUT2D eigenvalue weighted by Gasteiger charge is -2.07. The molecule has 6 nitrogen and oxygen atoms in total. The van der Waals surface area contributed by atoms with Gasteiger partial charge in [0, 0.05) is 25.7 Å². The van der Waals surface area contributed by atoms with Gasteiger partial charge in [-0.05, 0) is 0 Å². The highest BCUT2D eigenvalue weighted by Gasteiger charge is 2.27. The average molecular weight is 279 g/mol. The Hall–Kier alpha value is -2.06. The van der Waals surface area contributed by atoms with Gasteiger partial charge in [0.05, 0.1) is 12.7 Å². The number of amides is 1. The first-order valence-corrected chi connectivity index (χ1v) is 5.36. The fraction of sp³-hybridized carbons (Fsp3) is 0.500. The second-order valence-corrected chi connectivity index (χ2v) is 3.77. The molecule has 0 unspecified atom stereocenters. The van der Waals surface area contributed by atoms with Crippen LogP contribution in [0.4, 0.5) is 13.2 Å². The molecule has 1 heterocycles. The number of imidazole rings is 1. The number of halogens is 3. The Morgan fingerprint density at radius 1 is 1.42 bits per heavy atom. The van der Waals surface area contributed by atoms with E-state index in [1.54, 1.807) is 0 Å². The molecule has 0 saturated heterocycles. The number of nitrogens with one attached hydrogen (secondary N) is 1. The summed E-state index contributed by atoms with van der Waals surface area (Å²) in [6.45, 7) is 0.337. The number of alkyl halides is 3. The van der Waals surface area contributed by atoms with Crippen molar-refractivity contribution in [1.82, 2.24) is 14.9 Å². The molecular formula is C10H12F3N3O3. The summed E-state index contributed by atoms with van der Waals surface area (Å²) >= 11 is 0. The van der Waals surface area contributed by atoms with Crippen LogP contribution in [0.5, 0.6) is 0 Å². The minimum Gasteiger partial charge on any atom is -0.476 e. The number of nitrogens with zero attached hydrogens (tertiary/aromatic N) is 2. The minimum absolute atomic E-state index is 0.103. The quantitative estimate of drug-likeness (QED) is 0.815. The van der Waals surface area contributed by atoms with Crippen molar-refractivity contribution in [2.75, 3.05) is 6.54 Å². The van der Waals surface area contributed by atoms with E-state index in [0.717, 1.165) is 0 Å². The van der Waals surface area contributed by atoms with Gasteiger partial charge in [-0.15, -0.1) is 0 Å². The topological polar surface area (TPSA) is 84.2 Å². The van der Waals surface area contributed by atoms with E-state index in [1.165, 1.54) is 17.1 Å². The standard InChI is InChI=1S/C10H12F3N3O3/c11-10(12,13)2-1-8(17)14-3-4-16-5-7(9(18)19)15-6-16/h5-6H,1-4H2,(H,14,17)(H,18,19). The van der Waals surface area contributed by atoms with Gasteiger partial charge in [0.2, 0.25) is 5.91 Å². The summed E-state index contributed by atoms with van der Waals surface area (Å²) < 4.78 is 36.9. The van der Waals surface area contributed by atoms with Crippen LogP contribution < -0.4 is 5.32 Å². The predicted octanol–water partition coefficient (Wildman–Crippen LogP) is 1.04. The Morgan fingerprint density at radius 2 is 2.11 bits per heavy atom. The molecule has 0 radical (unpaired) electrons. The van der Waals surface area contributed by atoms with E-state index >= 15 is 0 Å². The molecule has 0 aromatic carbocycles. The first kappa shape index (κ1) is 15.0. The number of aromatic nitrogens is 2. The maximum Gasteiger partial charge on any atom is 0.389 e. The van der Waals surface area contributed by atoms with Gasteiger partial charge >= 0.3 is 12.1 Å². The van der Waals surface area contributed by atoms with Gasteiger partial charge in [-0.1, -0.05) is 0 Å². The summed E-state index contributed by atoms with van der Waals surface area (Å²) in [7, 11) is 0. The van der Waals surface area contributed by atoms with Gasteiger partial charge < -0.3 is 15.0 Å². The molecule has 1 rings (SSSR count). The Balaban J connectivity index is 2.26. The lowest BCUT2D eigenvalue weighted by atomic mass is 10.3. The van der Waals surface area contributed by atoms with Crippen LogP contribution in [0.1, 0.15) is 23.3 Å². The van der Waals surface area contributed by atoms with E-state index in [4.69, 9.17) is 5.11 Å². The molecule has 1 amide bonds. The van der Waals surface area contributed by atoms with Crippen LogP contribution in [0.3, 0.4) is 0 Å². The van der Waals surface area contributed by atoms with Crippen LogP contribution in [0.15, 0.2) is 12.5 Å². The maximum atomic E-state index is 11.8. The van der Waals surface area contributed by atoms with Crippen LogP contribution in [-0.4, -0.2) is 39.3 Å². The van der Waals surface area contributed by atoms with Crippen molar-refractivity contribution in [3.8, 4) is 0 Å². The summed E-state index contributed by atoms with van der Waals surface area (Å²) in [5.41, 5.74) is -0.136. The molecule has 1 aromatic heterocycles. The molecule has 2 N–H and O–H groups in total. The monoisotopic (exact) mass is 279 g/mol. The zero-order valence-electron chi connectivity index (χ0n) is 9.78. The zero-order valence-corrected chi connectivity index (χ0v) is 9.78. The van der Waals surface area contributed by atoms with Gasteiger partial charge in [-0.25, -0.2) is 9.78 Å². The molecule has 106 valence electrons. The Morgan fingerprint density at radius 3 is 2.63 bits per heavy atom. The first-order valence-electron chi connectivity index (χ1n) is 5.36. The second-order valence-electron chi connectivity index (χ2n) is 3.77. The summed E-state index contributed by atoms with van der Waals surface area (Å²) in [5, 5.41) is 10.9. The van der Waals surface area contributed by atoms with Crippen molar-refractivity contribution in [3.05, 3.63) is 18.2 Å². The first-order chi connectivity index (χ1) is 8.78. The van der Waals surface area contributed by atoms with Crippen LogP contribution in [-0.2, 0) is 11.3 Å². The molecule has 9 heteroatoms. The molecule has 0 bridgehead atoms. The van der Waals surface area contributed by atoms with Crippen LogP contribution >= 0.6 is 0 Å². The molecule has 0 spiro atoms. The van der Waals surface area contributed by atoms with Gasteiger partial charge in [-0.3, -0.25) is 4.79 Å². The predicted molar refractivity (Wildman–Crippen MR) is 57.5 cm³/mol. The lowest BCUT2D eigenvalue weighted by Crippen LogP contribution is -2.28. The van der Waals surface area contributed by atoms with Crippen LogP contribution in [0.2, 0.25) is 0 Å². The zero-order chi connectivity index (χ0) is 14.5. The molecule has 19 heavy (non-hydrogen) atoms. The number of carbonyl (C=O) groups excluding carboxylic acids is 1. The van der Waals surface area contributed by atoms with Crippen LogP contribution in [0, 0.1) is 0 Å². The number of rotatable bonds is 6.